The van der Waals surface area contributed by atoms with Gasteiger partial charge in [0.05, 0.1) is 5.56 Å². The van der Waals surface area contributed by atoms with Crippen molar-refractivity contribution in [3.05, 3.63) is 48.0 Å². The molecule has 6 nitrogen and oxygen atoms in total. The molecule has 0 aliphatic rings. The number of nitrogens with zero attached hydrogens (tertiary/aromatic N) is 4. The molecule has 23 heavy (non-hydrogen) atoms. The summed E-state index contributed by atoms with van der Waals surface area (Å²) in [7, 11) is 0. The fraction of sp³-hybridized carbons (Fsp3) is 0.412. The molecule has 1 N–H and O–H groups in total. The average molecular weight is 313 g/mol. The quantitative estimate of drug-likeness (QED) is 0.811. The maximum absolute atomic E-state index is 12.4. The van der Waals surface area contributed by atoms with E-state index in [-0.39, 0.29) is 5.91 Å². The first-order valence-electron chi connectivity index (χ1n) is 7.98. The molecule has 0 aromatic carbocycles. The van der Waals surface area contributed by atoms with Crippen LogP contribution in [0.1, 0.15) is 42.6 Å². The Morgan fingerprint density at radius 3 is 2.39 bits per heavy atom. The van der Waals surface area contributed by atoms with E-state index in [1.165, 1.54) is 0 Å². The van der Waals surface area contributed by atoms with E-state index in [1.54, 1.807) is 24.8 Å². The first-order valence-corrected chi connectivity index (χ1v) is 7.98. The van der Waals surface area contributed by atoms with Crippen molar-refractivity contribution in [3.8, 4) is 0 Å². The summed E-state index contributed by atoms with van der Waals surface area (Å²) in [4.78, 5) is 26.8. The highest BCUT2D eigenvalue weighted by molar-refractivity contribution is 5.93. The van der Waals surface area contributed by atoms with Crippen LogP contribution in [-0.4, -0.2) is 38.8 Å². The summed E-state index contributed by atoms with van der Waals surface area (Å²) < 4.78 is 0. The number of hydrogen-bond donors (Lipinski definition) is 1. The number of aromatic nitrogens is 3. The van der Waals surface area contributed by atoms with Crippen LogP contribution in [0.25, 0.3) is 0 Å². The lowest BCUT2D eigenvalue weighted by molar-refractivity contribution is 0.0754. The van der Waals surface area contributed by atoms with Crippen molar-refractivity contribution in [2.75, 3.05) is 18.4 Å². The molecule has 0 saturated heterocycles. The monoisotopic (exact) mass is 313 g/mol. The van der Waals surface area contributed by atoms with Gasteiger partial charge in [-0.2, -0.15) is 0 Å². The average Bonchev–Trinajstić information content (AvgIpc) is 2.60. The minimum atomic E-state index is -0.00694. The van der Waals surface area contributed by atoms with E-state index in [1.807, 2.05) is 17.0 Å². The van der Waals surface area contributed by atoms with Crippen molar-refractivity contribution < 1.29 is 4.79 Å². The summed E-state index contributed by atoms with van der Waals surface area (Å²) in [5, 5.41) is 3.12. The minimum absolute atomic E-state index is 0.00694. The van der Waals surface area contributed by atoms with Crippen LogP contribution in [0.15, 0.2) is 36.9 Å². The summed E-state index contributed by atoms with van der Waals surface area (Å²) in [6.07, 6.45) is 8.57. The molecular weight excluding hydrogens is 290 g/mol. The predicted octanol–water partition coefficient (Wildman–Crippen LogP) is 2.75. The lowest BCUT2D eigenvalue weighted by Gasteiger charge is -2.21. The molecular formula is C17H23N5O. The molecule has 1 amide bonds. The third-order valence-corrected chi connectivity index (χ3v) is 3.35. The fourth-order valence-electron chi connectivity index (χ4n) is 2.25. The number of carbonyl (C=O) groups excluding carboxylic acids is 1. The van der Waals surface area contributed by atoms with Crippen LogP contribution < -0.4 is 5.32 Å². The number of carbonyl (C=O) groups is 1. The highest BCUT2D eigenvalue weighted by Crippen LogP contribution is 2.07. The van der Waals surface area contributed by atoms with E-state index in [0.29, 0.717) is 18.1 Å². The van der Waals surface area contributed by atoms with Crippen molar-refractivity contribution in [2.24, 2.45) is 0 Å². The molecule has 0 bridgehead atoms. The van der Waals surface area contributed by atoms with Crippen molar-refractivity contribution in [1.82, 2.24) is 19.9 Å². The molecule has 0 aliphatic carbocycles. The standard InChI is InChI=1S/C17H23N5O/c1-3-8-22(9-4-2)16(23)15-12-20-17(21-13-15)19-11-14-6-5-7-18-10-14/h5-7,10,12-13H,3-4,8-9,11H2,1-2H3,(H,19,20,21). The third kappa shape index (κ3) is 5.02. The molecule has 2 heterocycles. The van der Waals surface area contributed by atoms with Crippen LogP contribution in [0.5, 0.6) is 0 Å². The zero-order valence-electron chi connectivity index (χ0n) is 13.7. The Bertz CT molecular complexity index is 594. The number of pyridine rings is 1. The first-order chi connectivity index (χ1) is 11.2. The van der Waals surface area contributed by atoms with Gasteiger partial charge in [0.2, 0.25) is 5.95 Å². The molecule has 0 radical (unpaired) electrons. The van der Waals surface area contributed by atoms with Gasteiger partial charge in [-0.15, -0.1) is 0 Å². The number of hydrogen-bond acceptors (Lipinski definition) is 5. The van der Waals surface area contributed by atoms with E-state index in [9.17, 15) is 4.79 Å². The number of nitrogens with one attached hydrogen (secondary N) is 1. The topological polar surface area (TPSA) is 71.0 Å². The maximum Gasteiger partial charge on any atom is 0.256 e. The predicted molar refractivity (Wildman–Crippen MR) is 90.1 cm³/mol. The van der Waals surface area contributed by atoms with Gasteiger partial charge in [0.1, 0.15) is 0 Å². The molecule has 0 unspecified atom stereocenters. The summed E-state index contributed by atoms with van der Waals surface area (Å²) >= 11 is 0. The number of rotatable bonds is 8. The highest BCUT2D eigenvalue weighted by atomic mass is 16.2. The van der Waals surface area contributed by atoms with E-state index < -0.39 is 0 Å². The van der Waals surface area contributed by atoms with Gasteiger partial charge in [0, 0.05) is 44.4 Å². The Balaban J connectivity index is 1.96. The zero-order valence-corrected chi connectivity index (χ0v) is 13.7. The molecule has 0 atom stereocenters. The Morgan fingerprint density at radius 2 is 1.83 bits per heavy atom. The Kier molecular flexibility index (Phi) is 6.47. The van der Waals surface area contributed by atoms with E-state index in [4.69, 9.17) is 0 Å². The molecule has 2 aromatic heterocycles. The SMILES string of the molecule is CCCN(CCC)C(=O)c1cnc(NCc2cccnc2)nc1. The van der Waals surface area contributed by atoms with Gasteiger partial charge in [-0.1, -0.05) is 19.9 Å². The third-order valence-electron chi connectivity index (χ3n) is 3.35. The van der Waals surface area contributed by atoms with Crippen molar-refractivity contribution in [3.63, 3.8) is 0 Å². The second kappa shape index (κ2) is 8.82. The summed E-state index contributed by atoms with van der Waals surface area (Å²) in [5.41, 5.74) is 1.58. The fourth-order valence-corrected chi connectivity index (χ4v) is 2.25. The Labute approximate surface area is 137 Å². The van der Waals surface area contributed by atoms with Gasteiger partial charge in [-0.25, -0.2) is 9.97 Å². The van der Waals surface area contributed by atoms with Crippen molar-refractivity contribution >= 4 is 11.9 Å². The van der Waals surface area contributed by atoms with Gasteiger partial charge in [-0.05, 0) is 24.5 Å². The summed E-state index contributed by atoms with van der Waals surface area (Å²) in [6.45, 7) is 6.25. The smallest absolute Gasteiger partial charge is 0.256 e. The second-order valence-corrected chi connectivity index (χ2v) is 5.30. The van der Waals surface area contributed by atoms with Gasteiger partial charge in [0.15, 0.2) is 0 Å². The zero-order chi connectivity index (χ0) is 16.5. The lowest BCUT2D eigenvalue weighted by atomic mass is 10.2. The first kappa shape index (κ1) is 16.9. The molecule has 122 valence electrons. The number of amides is 1. The van der Waals surface area contributed by atoms with Crippen molar-refractivity contribution in [2.45, 2.75) is 33.2 Å². The van der Waals surface area contributed by atoms with Crippen LogP contribution >= 0.6 is 0 Å². The largest absolute Gasteiger partial charge is 0.350 e. The van der Waals surface area contributed by atoms with Gasteiger partial charge in [-0.3, -0.25) is 9.78 Å². The van der Waals surface area contributed by atoms with Crippen molar-refractivity contribution in [1.29, 1.82) is 0 Å². The Hall–Kier alpha value is -2.50. The molecule has 6 heteroatoms. The van der Waals surface area contributed by atoms with Crippen LogP contribution in [0.2, 0.25) is 0 Å². The van der Waals surface area contributed by atoms with E-state index in [0.717, 1.165) is 31.5 Å². The second-order valence-electron chi connectivity index (χ2n) is 5.30. The van der Waals surface area contributed by atoms with Crippen LogP contribution in [0, 0.1) is 0 Å². The molecule has 0 aliphatic heterocycles. The molecule has 2 rings (SSSR count). The maximum atomic E-state index is 12.4. The minimum Gasteiger partial charge on any atom is -0.350 e. The number of anilines is 1. The van der Waals surface area contributed by atoms with E-state index >= 15 is 0 Å². The van der Waals surface area contributed by atoms with Crippen LogP contribution in [0.3, 0.4) is 0 Å². The van der Waals surface area contributed by atoms with Crippen LogP contribution in [-0.2, 0) is 6.54 Å². The van der Waals surface area contributed by atoms with E-state index in [2.05, 4.69) is 34.1 Å². The summed E-state index contributed by atoms with van der Waals surface area (Å²) in [5.74, 6) is 0.496. The lowest BCUT2D eigenvalue weighted by Crippen LogP contribution is -2.32. The van der Waals surface area contributed by atoms with Gasteiger partial charge < -0.3 is 10.2 Å². The molecule has 2 aromatic rings. The van der Waals surface area contributed by atoms with Crippen LogP contribution in [0.4, 0.5) is 5.95 Å². The molecule has 0 fully saturated rings. The molecule has 0 spiro atoms. The van der Waals surface area contributed by atoms with Gasteiger partial charge >= 0.3 is 0 Å². The normalized spacial score (nSPS) is 10.3. The summed E-state index contributed by atoms with van der Waals surface area (Å²) in [6, 6.07) is 3.86. The van der Waals surface area contributed by atoms with Gasteiger partial charge in [0.25, 0.3) is 5.91 Å². The highest BCUT2D eigenvalue weighted by Gasteiger charge is 2.15. The Morgan fingerprint density at radius 1 is 1.13 bits per heavy atom. The molecule has 0 saturated carbocycles.